The molecule has 13 heavy (non-hydrogen) atoms. The molecule has 3 nitrogen and oxygen atoms in total. The highest BCUT2D eigenvalue weighted by molar-refractivity contribution is 5.79. The van der Waals surface area contributed by atoms with Gasteiger partial charge in [-0.2, -0.15) is 0 Å². The normalized spacial score (nSPS) is 14.8. The van der Waals surface area contributed by atoms with E-state index in [4.69, 9.17) is 0 Å². The van der Waals surface area contributed by atoms with E-state index in [-0.39, 0.29) is 6.17 Å². The van der Waals surface area contributed by atoms with Crippen molar-refractivity contribution in [2.24, 2.45) is 4.99 Å². The van der Waals surface area contributed by atoms with Crippen LogP contribution in [-0.2, 0) is 0 Å². The van der Waals surface area contributed by atoms with Crippen LogP contribution in [0.3, 0.4) is 0 Å². The number of hydrogen-bond acceptors (Lipinski definition) is 2. The molecule has 0 saturated carbocycles. The molecule has 78 valence electrons. The van der Waals surface area contributed by atoms with Gasteiger partial charge in [0.1, 0.15) is 6.54 Å². The Bertz CT molecular complexity index is 159. The van der Waals surface area contributed by atoms with Crippen molar-refractivity contribution in [1.82, 2.24) is 10.6 Å². The third kappa shape index (κ3) is 7.64. The molecule has 0 amide bonds. The molecule has 0 aliphatic rings. The molecule has 0 aromatic heterocycles. The van der Waals surface area contributed by atoms with Gasteiger partial charge in [0.15, 0.2) is 0 Å². The SMILES string of the molecule is CCNC(C)NC(C)=NCC(F)F. The van der Waals surface area contributed by atoms with Crippen molar-refractivity contribution in [1.29, 1.82) is 0 Å². The Balaban J connectivity index is 3.70. The van der Waals surface area contributed by atoms with Crippen LogP contribution in [0.1, 0.15) is 20.8 Å². The van der Waals surface area contributed by atoms with E-state index in [1.807, 2.05) is 13.8 Å². The minimum atomic E-state index is -2.37. The van der Waals surface area contributed by atoms with E-state index in [1.54, 1.807) is 6.92 Å². The molecule has 0 spiro atoms. The first-order chi connectivity index (χ1) is 6.06. The summed E-state index contributed by atoms with van der Waals surface area (Å²) in [5.74, 6) is 0.536. The minimum Gasteiger partial charge on any atom is -0.359 e. The third-order valence-corrected chi connectivity index (χ3v) is 1.40. The Kier molecular flexibility index (Phi) is 6.40. The molecule has 0 fully saturated rings. The second kappa shape index (κ2) is 6.77. The molecule has 0 aromatic carbocycles. The maximum absolute atomic E-state index is 11.7. The van der Waals surface area contributed by atoms with Crippen LogP contribution in [0, 0.1) is 0 Å². The summed E-state index contributed by atoms with van der Waals surface area (Å²) in [6.45, 7) is 5.96. The number of halogens is 2. The smallest absolute Gasteiger partial charge is 0.257 e. The second-order valence-corrected chi connectivity index (χ2v) is 2.74. The van der Waals surface area contributed by atoms with Gasteiger partial charge in [0.25, 0.3) is 6.43 Å². The van der Waals surface area contributed by atoms with Gasteiger partial charge < -0.3 is 5.32 Å². The average Bonchev–Trinajstić information content (AvgIpc) is 2.01. The van der Waals surface area contributed by atoms with Gasteiger partial charge in [-0.05, 0) is 20.4 Å². The quantitative estimate of drug-likeness (QED) is 0.391. The van der Waals surface area contributed by atoms with Gasteiger partial charge in [0.2, 0.25) is 0 Å². The van der Waals surface area contributed by atoms with E-state index in [1.165, 1.54) is 0 Å². The van der Waals surface area contributed by atoms with Gasteiger partial charge in [-0.1, -0.05) is 6.92 Å². The average molecular weight is 193 g/mol. The first-order valence-corrected chi connectivity index (χ1v) is 4.35. The standard InChI is InChI=1S/C8H17F2N3/c1-4-11-6(2)13-7(3)12-5-8(9)10/h6,8,11H,4-5H2,1-3H3,(H,12,13). The highest BCUT2D eigenvalue weighted by Gasteiger charge is 2.01. The van der Waals surface area contributed by atoms with Gasteiger partial charge in [-0.25, -0.2) is 8.78 Å². The van der Waals surface area contributed by atoms with Crippen molar-refractivity contribution < 1.29 is 8.78 Å². The number of nitrogens with zero attached hydrogens (tertiary/aromatic N) is 1. The van der Waals surface area contributed by atoms with E-state index in [0.29, 0.717) is 5.84 Å². The molecular weight excluding hydrogens is 176 g/mol. The first-order valence-electron chi connectivity index (χ1n) is 4.35. The van der Waals surface area contributed by atoms with Gasteiger partial charge >= 0.3 is 0 Å². The summed E-state index contributed by atoms with van der Waals surface area (Å²) in [6, 6.07) is 0. The molecule has 0 aliphatic heterocycles. The summed E-state index contributed by atoms with van der Waals surface area (Å²) in [7, 11) is 0. The van der Waals surface area contributed by atoms with Crippen molar-refractivity contribution in [2.45, 2.75) is 33.4 Å². The van der Waals surface area contributed by atoms with E-state index < -0.39 is 13.0 Å². The third-order valence-electron chi connectivity index (χ3n) is 1.40. The van der Waals surface area contributed by atoms with Gasteiger partial charge in [-0.15, -0.1) is 0 Å². The van der Waals surface area contributed by atoms with Crippen LogP contribution in [0.25, 0.3) is 0 Å². The zero-order chi connectivity index (χ0) is 10.3. The van der Waals surface area contributed by atoms with Crippen LogP contribution >= 0.6 is 0 Å². The zero-order valence-corrected chi connectivity index (χ0v) is 8.27. The lowest BCUT2D eigenvalue weighted by molar-refractivity contribution is 0.158. The lowest BCUT2D eigenvalue weighted by Crippen LogP contribution is -2.42. The summed E-state index contributed by atoms with van der Waals surface area (Å²) in [6.07, 6.45) is -2.31. The monoisotopic (exact) mass is 193 g/mol. The van der Waals surface area contributed by atoms with Crippen molar-refractivity contribution in [2.75, 3.05) is 13.1 Å². The number of rotatable bonds is 5. The zero-order valence-electron chi connectivity index (χ0n) is 8.27. The van der Waals surface area contributed by atoms with E-state index in [0.717, 1.165) is 6.54 Å². The fraction of sp³-hybridized carbons (Fsp3) is 0.875. The Hall–Kier alpha value is -0.710. The molecule has 1 unspecified atom stereocenters. The summed E-state index contributed by atoms with van der Waals surface area (Å²) >= 11 is 0. The molecule has 2 N–H and O–H groups in total. The van der Waals surface area contributed by atoms with Crippen molar-refractivity contribution in [3.05, 3.63) is 0 Å². The van der Waals surface area contributed by atoms with Gasteiger partial charge in [0.05, 0.1) is 12.0 Å². The predicted octanol–water partition coefficient (Wildman–Crippen LogP) is 1.21. The van der Waals surface area contributed by atoms with Crippen LogP contribution in [0.4, 0.5) is 8.78 Å². The lowest BCUT2D eigenvalue weighted by Gasteiger charge is -2.15. The molecule has 0 bridgehead atoms. The summed E-state index contributed by atoms with van der Waals surface area (Å²) in [5.41, 5.74) is 0. The minimum absolute atomic E-state index is 0.0615. The highest BCUT2D eigenvalue weighted by atomic mass is 19.3. The van der Waals surface area contributed by atoms with Crippen LogP contribution in [0.2, 0.25) is 0 Å². The molecule has 0 heterocycles. The topological polar surface area (TPSA) is 36.4 Å². The van der Waals surface area contributed by atoms with Crippen molar-refractivity contribution in [3.8, 4) is 0 Å². The highest BCUT2D eigenvalue weighted by Crippen LogP contribution is 1.91. The first kappa shape index (κ1) is 12.3. The maximum Gasteiger partial charge on any atom is 0.257 e. The Labute approximate surface area is 77.6 Å². The van der Waals surface area contributed by atoms with Crippen molar-refractivity contribution in [3.63, 3.8) is 0 Å². The molecule has 0 aliphatic carbocycles. The van der Waals surface area contributed by atoms with Crippen LogP contribution in [-0.4, -0.2) is 31.5 Å². The Morgan fingerprint density at radius 3 is 2.54 bits per heavy atom. The fourth-order valence-electron chi connectivity index (χ4n) is 0.922. The summed E-state index contributed by atoms with van der Waals surface area (Å²) in [4.78, 5) is 3.66. The van der Waals surface area contributed by atoms with E-state index in [2.05, 4.69) is 15.6 Å². The number of nitrogens with one attached hydrogen (secondary N) is 2. The molecule has 0 rings (SSSR count). The molecular formula is C8H17F2N3. The number of aliphatic imine (C=N–C) groups is 1. The molecule has 0 radical (unpaired) electrons. The van der Waals surface area contributed by atoms with Gasteiger partial charge in [0, 0.05) is 0 Å². The predicted molar refractivity (Wildman–Crippen MR) is 50.3 cm³/mol. The fourth-order valence-corrected chi connectivity index (χ4v) is 0.922. The number of amidine groups is 1. The van der Waals surface area contributed by atoms with Gasteiger partial charge in [-0.3, -0.25) is 10.3 Å². The largest absolute Gasteiger partial charge is 0.359 e. The van der Waals surface area contributed by atoms with E-state index >= 15 is 0 Å². The summed E-state index contributed by atoms with van der Waals surface area (Å²) in [5, 5.41) is 6.03. The Morgan fingerprint density at radius 1 is 1.46 bits per heavy atom. The van der Waals surface area contributed by atoms with Crippen molar-refractivity contribution >= 4 is 5.84 Å². The van der Waals surface area contributed by atoms with Crippen LogP contribution in [0.5, 0.6) is 0 Å². The van der Waals surface area contributed by atoms with Crippen LogP contribution in [0.15, 0.2) is 4.99 Å². The lowest BCUT2D eigenvalue weighted by atomic mass is 10.5. The molecule has 0 saturated heterocycles. The van der Waals surface area contributed by atoms with E-state index in [9.17, 15) is 8.78 Å². The molecule has 5 heteroatoms. The Morgan fingerprint density at radius 2 is 2.08 bits per heavy atom. The maximum atomic E-state index is 11.7. The number of alkyl halides is 2. The number of hydrogen-bond donors (Lipinski definition) is 2. The molecule has 1 atom stereocenters. The second-order valence-electron chi connectivity index (χ2n) is 2.74. The summed E-state index contributed by atoms with van der Waals surface area (Å²) < 4.78 is 23.5. The van der Waals surface area contributed by atoms with Crippen LogP contribution < -0.4 is 10.6 Å². The molecule has 0 aromatic rings.